The highest BCUT2D eigenvalue weighted by Crippen LogP contribution is 2.33. The topological polar surface area (TPSA) is 35.5 Å². The predicted molar refractivity (Wildman–Crippen MR) is 47.0 cm³/mol. The van der Waals surface area contributed by atoms with E-state index in [4.69, 9.17) is 9.47 Å². The number of carbonyl (C=O) groups excluding carboxylic acids is 1. The molecule has 1 unspecified atom stereocenters. The smallest absolute Gasteiger partial charge is 0.313 e. The number of esters is 1. The van der Waals surface area contributed by atoms with Crippen molar-refractivity contribution in [3.05, 3.63) is 11.3 Å². The summed E-state index contributed by atoms with van der Waals surface area (Å²) >= 11 is 0. The molecule has 0 saturated heterocycles. The first-order chi connectivity index (χ1) is 6.31. The van der Waals surface area contributed by atoms with Gasteiger partial charge in [0.2, 0.25) is 0 Å². The summed E-state index contributed by atoms with van der Waals surface area (Å²) in [6, 6.07) is 0. The molecule has 0 bridgehead atoms. The fourth-order valence-electron chi connectivity index (χ4n) is 2.04. The Morgan fingerprint density at radius 1 is 1.38 bits per heavy atom. The molecule has 2 aliphatic rings. The van der Waals surface area contributed by atoms with Crippen LogP contribution in [-0.4, -0.2) is 19.2 Å². The first-order valence-corrected chi connectivity index (χ1v) is 4.76. The molecule has 0 amide bonds. The highest BCUT2D eigenvalue weighted by atomic mass is 16.5. The fraction of sp³-hybridized carbons (Fsp3) is 0.700. The number of methoxy groups -OCH3 is 1. The van der Waals surface area contributed by atoms with Crippen molar-refractivity contribution in [2.75, 3.05) is 7.11 Å². The van der Waals surface area contributed by atoms with Crippen molar-refractivity contribution >= 4 is 5.97 Å². The van der Waals surface area contributed by atoms with Crippen LogP contribution in [0.15, 0.2) is 11.3 Å². The summed E-state index contributed by atoms with van der Waals surface area (Å²) in [4.78, 5) is 11.2. The Labute approximate surface area is 77.7 Å². The Kier molecular flexibility index (Phi) is 2.36. The van der Waals surface area contributed by atoms with E-state index in [1.54, 1.807) is 7.11 Å². The summed E-state index contributed by atoms with van der Waals surface area (Å²) < 4.78 is 10.5. The monoisotopic (exact) mass is 182 g/mol. The summed E-state index contributed by atoms with van der Waals surface area (Å²) in [7, 11) is 1.66. The van der Waals surface area contributed by atoms with E-state index < -0.39 is 0 Å². The third-order valence-corrected chi connectivity index (χ3v) is 2.72. The van der Waals surface area contributed by atoms with E-state index in [9.17, 15) is 4.79 Å². The van der Waals surface area contributed by atoms with E-state index in [-0.39, 0.29) is 12.1 Å². The number of hydrogen-bond donors (Lipinski definition) is 0. The van der Waals surface area contributed by atoms with Crippen LogP contribution >= 0.6 is 0 Å². The normalized spacial score (nSPS) is 28.4. The van der Waals surface area contributed by atoms with Gasteiger partial charge in [-0.15, -0.1) is 0 Å². The summed E-state index contributed by atoms with van der Waals surface area (Å²) in [6.45, 7) is 0. The molecule has 0 aromatic rings. The Morgan fingerprint density at radius 3 is 2.92 bits per heavy atom. The standard InChI is InChI=1S/C10H14O3/c1-12-9-6-10(11)13-8-5-3-2-4-7(8)9/h9H,2-6H2,1H3. The Bertz CT molecular complexity index is 255. The molecule has 1 aliphatic carbocycles. The lowest BCUT2D eigenvalue weighted by Gasteiger charge is -2.29. The lowest BCUT2D eigenvalue weighted by atomic mass is 9.90. The van der Waals surface area contributed by atoms with Gasteiger partial charge in [-0.3, -0.25) is 4.79 Å². The number of carbonyl (C=O) groups is 1. The highest BCUT2D eigenvalue weighted by molar-refractivity contribution is 5.73. The van der Waals surface area contributed by atoms with Gasteiger partial charge in [0.25, 0.3) is 0 Å². The van der Waals surface area contributed by atoms with Crippen LogP contribution in [-0.2, 0) is 14.3 Å². The van der Waals surface area contributed by atoms with Gasteiger partial charge in [-0.05, 0) is 24.8 Å². The van der Waals surface area contributed by atoms with Gasteiger partial charge in [0.05, 0.1) is 12.5 Å². The lowest BCUT2D eigenvalue weighted by Crippen LogP contribution is -2.28. The first kappa shape index (κ1) is 8.75. The van der Waals surface area contributed by atoms with Crippen LogP contribution in [0.4, 0.5) is 0 Å². The molecule has 0 aromatic heterocycles. The van der Waals surface area contributed by atoms with Crippen LogP contribution < -0.4 is 0 Å². The Hall–Kier alpha value is -0.830. The van der Waals surface area contributed by atoms with Crippen molar-refractivity contribution in [2.45, 2.75) is 38.2 Å². The van der Waals surface area contributed by atoms with Crippen molar-refractivity contribution in [1.29, 1.82) is 0 Å². The number of ether oxygens (including phenoxy) is 2. The first-order valence-electron chi connectivity index (χ1n) is 4.76. The molecule has 0 saturated carbocycles. The molecule has 2 rings (SSSR count). The maximum atomic E-state index is 11.2. The van der Waals surface area contributed by atoms with E-state index in [0.29, 0.717) is 6.42 Å². The van der Waals surface area contributed by atoms with Crippen LogP contribution in [0.2, 0.25) is 0 Å². The van der Waals surface area contributed by atoms with Crippen LogP contribution in [0.1, 0.15) is 32.1 Å². The third-order valence-electron chi connectivity index (χ3n) is 2.72. The quantitative estimate of drug-likeness (QED) is 0.580. The molecule has 0 fully saturated rings. The second-order valence-electron chi connectivity index (χ2n) is 3.56. The number of hydrogen-bond acceptors (Lipinski definition) is 3. The molecule has 0 aromatic carbocycles. The van der Waals surface area contributed by atoms with E-state index in [2.05, 4.69) is 0 Å². The van der Waals surface area contributed by atoms with Crippen molar-refractivity contribution in [3.63, 3.8) is 0 Å². The second kappa shape index (κ2) is 3.50. The van der Waals surface area contributed by atoms with Gasteiger partial charge in [-0.25, -0.2) is 0 Å². The van der Waals surface area contributed by atoms with Gasteiger partial charge in [0, 0.05) is 13.5 Å². The lowest BCUT2D eigenvalue weighted by molar-refractivity contribution is -0.144. The second-order valence-corrected chi connectivity index (χ2v) is 3.56. The molecular formula is C10H14O3. The maximum absolute atomic E-state index is 11.2. The Balaban J connectivity index is 2.25. The predicted octanol–water partition coefficient (Wildman–Crippen LogP) is 1.78. The summed E-state index contributed by atoms with van der Waals surface area (Å²) in [6.07, 6.45) is 4.62. The summed E-state index contributed by atoms with van der Waals surface area (Å²) in [5, 5.41) is 0. The number of allylic oxidation sites excluding steroid dienone is 1. The zero-order valence-corrected chi connectivity index (χ0v) is 7.84. The molecular weight excluding hydrogens is 168 g/mol. The van der Waals surface area contributed by atoms with Crippen molar-refractivity contribution in [3.8, 4) is 0 Å². The Morgan fingerprint density at radius 2 is 2.15 bits per heavy atom. The van der Waals surface area contributed by atoms with Gasteiger partial charge in [0.15, 0.2) is 0 Å². The molecule has 0 N–H and O–H groups in total. The summed E-state index contributed by atoms with van der Waals surface area (Å²) in [5.41, 5.74) is 1.22. The average molecular weight is 182 g/mol. The minimum absolute atomic E-state index is 0.0171. The van der Waals surface area contributed by atoms with Crippen molar-refractivity contribution < 1.29 is 14.3 Å². The molecule has 13 heavy (non-hydrogen) atoms. The molecule has 3 heteroatoms. The highest BCUT2D eigenvalue weighted by Gasteiger charge is 2.30. The third kappa shape index (κ3) is 1.61. The maximum Gasteiger partial charge on any atom is 0.313 e. The molecule has 1 atom stereocenters. The van der Waals surface area contributed by atoms with Gasteiger partial charge < -0.3 is 9.47 Å². The number of rotatable bonds is 1. The molecule has 0 spiro atoms. The molecule has 0 radical (unpaired) electrons. The van der Waals surface area contributed by atoms with Gasteiger partial charge in [0.1, 0.15) is 5.76 Å². The van der Waals surface area contributed by atoms with E-state index >= 15 is 0 Å². The zero-order chi connectivity index (χ0) is 9.26. The fourth-order valence-corrected chi connectivity index (χ4v) is 2.04. The molecule has 1 aliphatic heterocycles. The van der Waals surface area contributed by atoms with Gasteiger partial charge >= 0.3 is 5.97 Å². The molecule has 1 heterocycles. The van der Waals surface area contributed by atoms with Crippen molar-refractivity contribution in [2.24, 2.45) is 0 Å². The van der Waals surface area contributed by atoms with Crippen LogP contribution in [0.25, 0.3) is 0 Å². The van der Waals surface area contributed by atoms with Crippen molar-refractivity contribution in [1.82, 2.24) is 0 Å². The van der Waals surface area contributed by atoms with Gasteiger partial charge in [-0.1, -0.05) is 0 Å². The van der Waals surface area contributed by atoms with Crippen LogP contribution in [0, 0.1) is 0 Å². The van der Waals surface area contributed by atoms with Crippen LogP contribution in [0.3, 0.4) is 0 Å². The van der Waals surface area contributed by atoms with E-state index in [1.807, 2.05) is 0 Å². The van der Waals surface area contributed by atoms with E-state index in [1.165, 1.54) is 12.0 Å². The zero-order valence-electron chi connectivity index (χ0n) is 7.84. The SMILES string of the molecule is COC1CC(=O)OC2=C1CCCC2. The largest absolute Gasteiger partial charge is 0.431 e. The summed E-state index contributed by atoms with van der Waals surface area (Å²) in [5.74, 6) is 0.738. The minimum Gasteiger partial charge on any atom is -0.431 e. The molecule has 3 nitrogen and oxygen atoms in total. The van der Waals surface area contributed by atoms with E-state index in [0.717, 1.165) is 25.0 Å². The van der Waals surface area contributed by atoms with Gasteiger partial charge in [-0.2, -0.15) is 0 Å². The van der Waals surface area contributed by atoms with Crippen LogP contribution in [0.5, 0.6) is 0 Å². The molecule has 72 valence electrons. The minimum atomic E-state index is -0.146. The average Bonchev–Trinajstić information content (AvgIpc) is 2.16.